The lowest BCUT2D eigenvalue weighted by Crippen LogP contribution is -2.31. The fourth-order valence-electron chi connectivity index (χ4n) is 2.53. The van der Waals surface area contributed by atoms with Crippen molar-refractivity contribution in [2.45, 2.75) is 13.0 Å². The smallest absolute Gasteiger partial charge is 0.307 e. The number of carbonyl (C=O) groups is 2. The predicted molar refractivity (Wildman–Crippen MR) is 105 cm³/mol. The van der Waals surface area contributed by atoms with Crippen LogP contribution in [-0.2, 0) is 20.9 Å². The summed E-state index contributed by atoms with van der Waals surface area (Å²) in [6.07, 6.45) is 6.62. The first-order chi connectivity index (χ1) is 13.6. The van der Waals surface area contributed by atoms with Gasteiger partial charge in [-0.1, -0.05) is 6.07 Å². The Hall–Kier alpha value is -3.35. The Kier molecular flexibility index (Phi) is 8.02. The molecular weight excluding hydrogens is 360 g/mol. The largest absolute Gasteiger partial charge is 0.493 e. The summed E-state index contributed by atoms with van der Waals surface area (Å²) in [5.41, 5.74) is 1.72. The van der Waals surface area contributed by atoms with Gasteiger partial charge in [-0.05, 0) is 41.5 Å². The normalized spacial score (nSPS) is 10.5. The Bertz CT molecular complexity index is 821. The van der Waals surface area contributed by atoms with Gasteiger partial charge in [0.2, 0.25) is 5.91 Å². The molecule has 0 spiro atoms. The van der Waals surface area contributed by atoms with Crippen molar-refractivity contribution < 1.29 is 23.8 Å². The van der Waals surface area contributed by atoms with Gasteiger partial charge in [-0.25, -0.2) is 0 Å². The summed E-state index contributed by atoms with van der Waals surface area (Å²) in [5.74, 6) is 0.617. The molecule has 0 radical (unpaired) electrons. The second-order valence-corrected chi connectivity index (χ2v) is 5.89. The molecule has 2 rings (SSSR count). The number of ether oxygens (including phenoxy) is 3. The van der Waals surface area contributed by atoms with Gasteiger partial charge in [-0.15, -0.1) is 0 Å². The van der Waals surface area contributed by atoms with Gasteiger partial charge >= 0.3 is 5.97 Å². The Morgan fingerprint density at radius 3 is 2.39 bits per heavy atom. The van der Waals surface area contributed by atoms with Crippen molar-refractivity contribution in [3.63, 3.8) is 0 Å². The lowest BCUT2D eigenvalue weighted by atomic mass is 10.1. The van der Waals surface area contributed by atoms with Gasteiger partial charge in [0, 0.05) is 31.6 Å². The molecule has 1 amide bonds. The van der Waals surface area contributed by atoms with Crippen LogP contribution in [0, 0.1) is 0 Å². The Labute approximate surface area is 164 Å². The van der Waals surface area contributed by atoms with E-state index in [2.05, 4.69) is 9.72 Å². The number of hydrogen-bond donors (Lipinski definition) is 0. The predicted octanol–water partition coefficient (Wildman–Crippen LogP) is 2.70. The molecule has 0 N–H and O–H groups in total. The first-order valence-electron chi connectivity index (χ1n) is 8.72. The molecule has 0 atom stereocenters. The van der Waals surface area contributed by atoms with E-state index >= 15 is 0 Å². The molecule has 148 valence electrons. The van der Waals surface area contributed by atoms with Gasteiger partial charge in [0.15, 0.2) is 11.5 Å². The van der Waals surface area contributed by atoms with E-state index in [0.717, 1.165) is 11.1 Å². The highest BCUT2D eigenvalue weighted by Gasteiger charge is 2.14. The van der Waals surface area contributed by atoms with Crippen LogP contribution in [0.2, 0.25) is 0 Å². The summed E-state index contributed by atoms with van der Waals surface area (Å²) in [4.78, 5) is 29.8. The zero-order valence-corrected chi connectivity index (χ0v) is 16.3. The van der Waals surface area contributed by atoms with Crippen molar-refractivity contribution in [1.29, 1.82) is 0 Å². The summed E-state index contributed by atoms with van der Waals surface area (Å²) in [6.45, 7) is 0.624. The average molecular weight is 384 g/mol. The van der Waals surface area contributed by atoms with Gasteiger partial charge in [-0.2, -0.15) is 0 Å². The fourth-order valence-corrected chi connectivity index (χ4v) is 2.53. The summed E-state index contributed by atoms with van der Waals surface area (Å²) in [5, 5.41) is 0. The minimum atomic E-state index is -0.364. The standard InChI is InChI=1S/C21H24N2O5/c1-26-18-6-4-16(14-19(18)27-2)5-7-20(24)23(13-10-21(25)28-3)15-17-8-11-22-12-9-17/h4-9,11-12,14H,10,13,15H2,1-3H3/b7-5+. The molecule has 0 bridgehead atoms. The molecule has 0 aliphatic heterocycles. The van der Waals surface area contributed by atoms with Crippen LogP contribution < -0.4 is 9.47 Å². The van der Waals surface area contributed by atoms with E-state index in [1.807, 2.05) is 18.2 Å². The molecule has 7 nitrogen and oxygen atoms in total. The highest BCUT2D eigenvalue weighted by atomic mass is 16.5. The molecule has 1 aromatic carbocycles. The van der Waals surface area contributed by atoms with E-state index in [-0.39, 0.29) is 24.8 Å². The van der Waals surface area contributed by atoms with E-state index in [9.17, 15) is 9.59 Å². The maximum absolute atomic E-state index is 12.7. The Balaban J connectivity index is 2.14. The van der Waals surface area contributed by atoms with Crippen LogP contribution >= 0.6 is 0 Å². The SMILES string of the molecule is COC(=O)CCN(Cc1ccncc1)C(=O)/C=C/c1ccc(OC)c(OC)c1. The molecular formula is C21H24N2O5. The van der Waals surface area contributed by atoms with Gasteiger partial charge in [0.05, 0.1) is 27.8 Å². The van der Waals surface area contributed by atoms with E-state index in [0.29, 0.717) is 18.0 Å². The van der Waals surface area contributed by atoms with Crippen LogP contribution in [-0.4, -0.2) is 49.6 Å². The van der Waals surface area contributed by atoms with E-state index < -0.39 is 0 Å². The Morgan fingerprint density at radius 1 is 1.04 bits per heavy atom. The first kappa shape index (κ1) is 21.0. The fraction of sp³-hybridized carbons (Fsp3) is 0.286. The zero-order chi connectivity index (χ0) is 20.4. The Morgan fingerprint density at radius 2 is 1.75 bits per heavy atom. The number of pyridine rings is 1. The topological polar surface area (TPSA) is 78.0 Å². The third-order valence-electron chi connectivity index (χ3n) is 4.07. The second-order valence-electron chi connectivity index (χ2n) is 5.89. The third kappa shape index (κ3) is 6.12. The number of aromatic nitrogens is 1. The molecule has 0 aliphatic rings. The molecule has 2 aromatic rings. The lowest BCUT2D eigenvalue weighted by Gasteiger charge is -2.21. The zero-order valence-electron chi connectivity index (χ0n) is 16.3. The monoisotopic (exact) mass is 384 g/mol. The highest BCUT2D eigenvalue weighted by Crippen LogP contribution is 2.28. The van der Waals surface area contributed by atoms with Crippen LogP contribution in [0.4, 0.5) is 0 Å². The lowest BCUT2D eigenvalue weighted by molar-refractivity contribution is -0.141. The number of nitrogens with zero attached hydrogens (tertiary/aromatic N) is 2. The van der Waals surface area contributed by atoms with Crippen molar-refractivity contribution >= 4 is 18.0 Å². The number of methoxy groups -OCH3 is 3. The number of esters is 1. The molecule has 0 unspecified atom stereocenters. The van der Waals surface area contributed by atoms with Gasteiger partial charge in [-0.3, -0.25) is 14.6 Å². The van der Waals surface area contributed by atoms with Crippen molar-refractivity contribution in [2.75, 3.05) is 27.9 Å². The summed E-state index contributed by atoms with van der Waals surface area (Å²) < 4.78 is 15.2. The van der Waals surface area contributed by atoms with Gasteiger partial charge in [0.1, 0.15) is 0 Å². The highest BCUT2D eigenvalue weighted by molar-refractivity contribution is 5.92. The van der Waals surface area contributed by atoms with Crippen LogP contribution in [0.3, 0.4) is 0 Å². The molecule has 7 heteroatoms. The quantitative estimate of drug-likeness (QED) is 0.489. The minimum absolute atomic E-state index is 0.123. The van der Waals surface area contributed by atoms with Crippen LogP contribution in [0.15, 0.2) is 48.8 Å². The number of carbonyl (C=O) groups excluding carboxylic acids is 2. The molecule has 1 aromatic heterocycles. The summed E-state index contributed by atoms with van der Waals surface area (Å²) in [7, 11) is 4.45. The van der Waals surface area contributed by atoms with Crippen LogP contribution in [0.5, 0.6) is 11.5 Å². The number of rotatable bonds is 9. The minimum Gasteiger partial charge on any atom is -0.493 e. The van der Waals surface area contributed by atoms with Crippen molar-refractivity contribution in [3.05, 3.63) is 59.9 Å². The molecule has 0 saturated heterocycles. The van der Waals surface area contributed by atoms with Gasteiger partial charge < -0.3 is 19.1 Å². The van der Waals surface area contributed by atoms with Crippen LogP contribution in [0.25, 0.3) is 6.08 Å². The first-order valence-corrected chi connectivity index (χ1v) is 8.72. The second kappa shape index (κ2) is 10.7. The summed E-state index contributed by atoms with van der Waals surface area (Å²) in [6, 6.07) is 9.04. The number of amides is 1. The van der Waals surface area contributed by atoms with Crippen LogP contribution in [0.1, 0.15) is 17.5 Å². The van der Waals surface area contributed by atoms with E-state index in [1.165, 1.54) is 13.2 Å². The number of hydrogen-bond acceptors (Lipinski definition) is 6. The van der Waals surface area contributed by atoms with Gasteiger partial charge in [0.25, 0.3) is 0 Å². The molecule has 0 saturated carbocycles. The van der Waals surface area contributed by atoms with Crippen molar-refractivity contribution in [2.24, 2.45) is 0 Å². The maximum atomic E-state index is 12.7. The van der Waals surface area contributed by atoms with Crippen molar-refractivity contribution in [1.82, 2.24) is 9.88 Å². The van der Waals surface area contributed by atoms with Crippen molar-refractivity contribution in [3.8, 4) is 11.5 Å². The van der Waals surface area contributed by atoms with E-state index in [1.54, 1.807) is 49.7 Å². The molecule has 0 aliphatic carbocycles. The average Bonchev–Trinajstić information content (AvgIpc) is 2.74. The molecule has 0 fully saturated rings. The summed E-state index contributed by atoms with van der Waals surface area (Å²) >= 11 is 0. The third-order valence-corrected chi connectivity index (χ3v) is 4.07. The maximum Gasteiger partial charge on any atom is 0.307 e. The molecule has 28 heavy (non-hydrogen) atoms. The van der Waals surface area contributed by atoms with E-state index in [4.69, 9.17) is 9.47 Å². The number of benzene rings is 1. The molecule has 1 heterocycles.